The molecule has 2 heterocycles. The van der Waals surface area contributed by atoms with E-state index in [2.05, 4.69) is 4.98 Å². The smallest absolute Gasteiger partial charge is 0.263 e. The molecule has 3 aromatic rings. The van der Waals surface area contributed by atoms with Crippen LogP contribution in [0.1, 0.15) is 28.2 Å². The van der Waals surface area contributed by atoms with Gasteiger partial charge in [-0.1, -0.05) is 0 Å². The molecule has 1 aromatic carbocycles. The molecule has 0 aliphatic rings. The SMILES string of the molecule is COc1ccc(-c2nc3sc(C(N)=O)c(C)c3c(=O)n2C(C)C(N)=O)cc1OC. The number of nitrogens with two attached hydrogens (primary N) is 2. The van der Waals surface area contributed by atoms with E-state index in [4.69, 9.17) is 20.9 Å². The number of benzene rings is 1. The van der Waals surface area contributed by atoms with Gasteiger partial charge in [0.2, 0.25) is 5.91 Å². The van der Waals surface area contributed by atoms with Crippen LogP contribution in [0.2, 0.25) is 0 Å². The van der Waals surface area contributed by atoms with Crippen LogP contribution < -0.4 is 26.5 Å². The number of hydrogen-bond donors (Lipinski definition) is 2. The second-order valence-electron chi connectivity index (χ2n) is 6.36. The fourth-order valence-corrected chi connectivity index (χ4v) is 4.12. The molecule has 0 radical (unpaired) electrons. The van der Waals surface area contributed by atoms with Crippen molar-refractivity contribution < 1.29 is 19.1 Å². The first-order valence-electron chi connectivity index (χ1n) is 8.58. The Hall–Kier alpha value is -3.40. The average molecular weight is 416 g/mol. The molecule has 1 unspecified atom stereocenters. The summed E-state index contributed by atoms with van der Waals surface area (Å²) in [5, 5.41) is 0.237. The summed E-state index contributed by atoms with van der Waals surface area (Å²) in [5.41, 5.74) is 11.4. The monoisotopic (exact) mass is 416 g/mol. The fourth-order valence-electron chi connectivity index (χ4n) is 3.10. The predicted molar refractivity (Wildman–Crippen MR) is 110 cm³/mol. The number of primary amides is 2. The van der Waals surface area contributed by atoms with Crippen molar-refractivity contribution in [2.75, 3.05) is 14.2 Å². The zero-order chi connectivity index (χ0) is 21.5. The number of thiophene rings is 1. The molecule has 9 nitrogen and oxygen atoms in total. The number of methoxy groups -OCH3 is 2. The maximum atomic E-state index is 13.3. The number of carbonyl (C=O) groups is 2. The maximum Gasteiger partial charge on any atom is 0.263 e. The second-order valence-corrected chi connectivity index (χ2v) is 7.36. The molecule has 3 rings (SSSR count). The lowest BCUT2D eigenvalue weighted by Crippen LogP contribution is -2.34. The Morgan fingerprint density at radius 2 is 1.83 bits per heavy atom. The molecule has 152 valence electrons. The van der Waals surface area contributed by atoms with Gasteiger partial charge in [0.05, 0.1) is 24.5 Å². The first kappa shape index (κ1) is 20.3. The quantitative estimate of drug-likeness (QED) is 0.625. The molecule has 2 amide bonds. The first-order chi connectivity index (χ1) is 13.7. The van der Waals surface area contributed by atoms with E-state index in [0.29, 0.717) is 27.5 Å². The number of aryl methyl sites for hydroxylation is 1. The molecule has 2 aromatic heterocycles. The number of hydrogen-bond acceptors (Lipinski definition) is 7. The highest BCUT2D eigenvalue weighted by molar-refractivity contribution is 7.20. The zero-order valence-corrected chi connectivity index (χ0v) is 17.1. The normalized spacial score (nSPS) is 12.0. The van der Waals surface area contributed by atoms with Gasteiger partial charge in [-0.05, 0) is 37.6 Å². The lowest BCUT2D eigenvalue weighted by Gasteiger charge is -2.18. The molecule has 29 heavy (non-hydrogen) atoms. The third-order valence-electron chi connectivity index (χ3n) is 4.66. The van der Waals surface area contributed by atoms with Gasteiger partial charge in [-0.3, -0.25) is 19.0 Å². The summed E-state index contributed by atoms with van der Waals surface area (Å²) in [4.78, 5) is 42.1. The van der Waals surface area contributed by atoms with Crippen molar-refractivity contribution in [3.05, 3.63) is 39.0 Å². The Bertz CT molecular complexity index is 1200. The van der Waals surface area contributed by atoms with E-state index in [9.17, 15) is 14.4 Å². The number of carbonyl (C=O) groups excluding carboxylic acids is 2. The molecule has 0 bridgehead atoms. The number of nitrogens with zero attached hydrogens (tertiary/aromatic N) is 2. The van der Waals surface area contributed by atoms with E-state index in [1.807, 2.05) is 0 Å². The summed E-state index contributed by atoms with van der Waals surface area (Å²) in [6, 6.07) is 4.03. The van der Waals surface area contributed by atoms with Crippen LogP contribution in [0, 0.1) is 6.92 Å². The minimum absolute atomic E-state index is 0.215. The Morgan fingerprint density at radius 3 is 2.38 bits per heavy atom. The van der Waals surface area contributed by atoms with Crippen LogP contribution in [-0.4, -0.2) is 35.6 Å². The molecule has 0 aliphatic heterocycles. The molecule has 4 N–H and O–H groups in total. The van der Waals surface area contributed by atoms with Crippen molar-refractivity contribution in [3.63, 3.8) is 0 Å². The predicted octanol–water partition coefficient (Wildman–Crippen LogP) is 1.60. The Kier molecular flexibility index (Phi) is 5.29. The van der Waals surface area contributed by atoms with E-state index in [0.717, 1.165) is 11.3 Å². The summed E-state index contributed by atoms with van der Waals surface area (Å²) in [5.74, 6) is -0.202. The Morgan fingerprint density at radius 1 is 1.17 bits per heavy atom. The van der Waals surface area contributed by atoms with Crippen LogP contribution in [0.25, 0.3) is 21.6 Å². The van der Waals surface area contributed by atoms with Gasteiger partial charge in [0, 0.05) is 5.56 Å². The van der Waals surface area contributed by atoms with Gasteiger partial charge in [-0.15, -0.1) is 11.3 Å². The minimum atomic E-state index is -0.973. The van der Waals surface area contributed by atoms with Crippen LogP contribution >= 0.6 is 11.3 Å². The summed E-state index contributed by atoms with van der Waals surface area (Å²) in [7, 11) is 2.99. The lowest BCUT2D eigenvalue weighted by molar-refractivity contribution is -0.120. The van der Waals surface area contributed by atoms with E-state index in [1.165, 1.54) is 25.7 Å². The van der Waals surface area contributed by atoms with Gasteiger partial charge in [0.25, 0.3) is 11.5 Å². The highest BCUT2D eigenvalue weighted by atomic mass is 32.1. The molecular formula is C19H20N4O5S. The molecule has 0 saturated carbocycles. The first-order valence-corrected chi connectivity index (χ1v) is 9.40. The lowest BCUT2D eigenvalue weighted by atomic mass is 10.1. The Balaban J connectivity index is 2.42. The van der Waals surface area contributed by atoms with Crippen molar-refractivity contribution in [1.29, 1.82) is 0 Å². The average Bonchev–Trinajstić information content (AvgIpc) is 3.03. The van der Waals surface area contributed by atoms with Gasteiger partial charge in [-0.25, -0.2) is 4.98 Å². The number of amides is 2. The van der Waals surface area contributed by atoms with Crippen molar-refractivity contribution in [2.45, 2.75) is 19.9 Å². The van der Waals surface area contributed by atoms with Gasteiger partial charge in [0.1, 0.15) is 16.7 Å². The molecule has 1 atom stereocenters. The van der Waals surface area contributed by atoms with Crippen LogP contribution in [0.5, 0.6) is 11.5 Å². The van der Waals surface area contributed by atoms with E-state index in [-0.39, 0.29) is 16.1 Å². The molecule has 10 heteroatoms. The number of rotatable bonds is 6. The number of ether oxygens (including phenoxy) is 2. The highest BCUT2D eigenvalue weighted by Gasteiger charge is 2.25. The van der Waals surface area contributed by atoms with Crippen molar-refractivity contribution in [2.24, 2.45) is 11.5 Å². The Labute approximate surface area is 169 Å². The summed E-state index contributed by atoms with van der Waals surface area (Å²) >= 11 is 1.03. The topological polar surface area (TPSA) is 140 Å². The second kappa shape index (κ2) is 7.55. The van der Waals surface area contributed by atoms with Crippen LogP contribution in [-0.2, 0) is 4.79 Å². The van der Waals surface area contributed by atoms with Gasteiger partial charge >= 0.3 is 0 Å². The molecule has 0 saturated heterocycles. The number of fused-ring (bicyclic) bond motifs is 1. The third kappa shape index (κ3) is 3.31. The maximum absolute atomic E-state index is 13.3. The standard InChI is InChI=1S/C19H20N4O5S/c1-8-13-18(29-14(8)16(21)25)22-17(23(19(13)26)9(2)15(20)24)10-5-6-11(27-3)12(7-10)28-4/h5-7,9H,1-4H3,(H2,20,24)(H2,21,25). The molecule has 0 spiro atoms. The van der Waals surface area contributed by atoms with E-state index >= 15 is 0 Å². The van der Waals surface area contributed by atoms with Crippen molar-refractivity contribution in [1.82, 2.24) is 9.55 Å². The third-order valence-corrected chi connectivity index (χ3v) is 5.86. The number of aromatic nitrogens is 2. The van der Waals surface area contributed by atoms with E-state index < -0.39 is 23.4 Å². The minimum Gasteiger partial charge on any atom is -0.493 e. The van der Waals surface area contributed by atoms with Gasteiger partial charge < -0.3 is 20.9 Å². The largest absolute Gasteiger partial charge is 0.493 e. The van der Waals surface area contributed by atoms with E-state index in [1.54, 1.807) is 25.1 Å². The van der Waals surface area contributed by atoms with Crippen molar-refractivity contribution >= 4 is 33.4 Å². The zero-order valence-electron chi connectivity index (χ0n) is 16.3. The molecule has 0 fully saturated rings. The van der Waals surface area contributed by atoms with Crippen LogP contribution in [0.3, 0.4) is 0 Å². The fraction of sp³-hybridized carbons (Fsp3) is 0.263. The highest BCUT2D eigenvalue weighted by Crippen LogP contribution is 2.34. The van der Waals surface area contributed by atoms with Gasteiger partial charge in [-0.2, -0.15) is 0 Å². The van der Waals surface area contributed by atoms with Crippen LogP contribution in [0.4, 0.5) is 0 Å². The van der Waals surface area contributed by atoms with Crippen LogP contribution in [0.15, 0.2) is 23.0 Å². The van der Waals surface area contributed by atoms with Gasteiger partial charge in [0.15, 0.2) is 11.5 Å². The summed E-state index contributed by atoms with van der Waals surface area (Å²) < 4.78 is 11.8. The molecule has 0 aliphatic carbocycles. The molecular weight excluding hydrogens is 396 g/mol. The van der Waals surface area contributed by atoms with Crippen molar-refractivity contribution in [3.8, 4) is 22.9 Å². The summed E-state index contributed by atoms with van der Waals surface area (Å²) in [6.45, 7) is 3.13. The summed E-state index contributed by atoms with van der Waals surface area (Å²) in [6.07, 6.45) is 0.